The Labute approximate surface area is 166 Å². The summed E-state index contributed by atoms with van der Waals surface area (Å²) in [6.45, 7) is 5.97. The van der Waals surface area contributed by atoms with E-state index in [-0.39, 0.29) is 0 Å². The molecular weight excluding hydrogens is 374 g/mol. The first kappa shape index (κ1) is 18.5. The predicted octanol–water partition coefficient (Wildman–Crippen LogP) is 4.60. The van der Waals surface area contributed by atoms with Gasteiger partial charge in [-0.2, -0.15) is 0 Å². The third-order valence-electron chi connectivity index (χ3n) is 4.75. The monoisotopic (exact) mass is 395 g/mol. The lowest BCUT2D eigenvalue weighted by atomic mass is 10.0. The number of ether oxygens (including phenoxy) is 1. The molecule has 0 aliphatic carbocycles. The zero-order chi connectivity index (χ0) is 19.7. The van der Waals surface area contributed by atoms with Crippen molar-refractivity contribution in [1.29, 1.82) is 0 Å². The molecule has 0 saturated heterocycles. The second-order valence-electron chi connectivity index (χ2n) is 6.51. The minimum Gasteiger partial charge on any atom is -0.477 e. The minimum absolute atomic E-state index is 0.355. The summed E-state index contributed by atoms with van der Waals surface area (Å²) >= 11 is 1.31. The molecule has 0 bridgehead atoms. The molecule has 0 amide bonds. The molecule has 0 spiro atoms. The van der Waals surface area contributed by atoms with Gasteiger partial charge in [0.15, 0.2) is 0 Å². The van der Waals surface area contributed by atoms with Crippen molar-refractivity contribution in [3.63, 3.8) is 0 Å². The Hall–Kier alpha value is -2.90. The van der Waals surface area contributed by atoms with E-state index < -0.39 is 5.97 Å². The largest absolute Gasteiger partial charge is 0.477 e. The van der Waals surface area contributed by atoms with Crippen molar-refractivity contribution in [3.8, 4) is 16.9 Å². The molecule has 0 fully saturated rings. The van der Waals surface area contributed by atoms with Gasteiger partial charge < -0.3 is 19.0 Å². The zero-order valence-corrected chi connectivity index (χ0v) is 16.6. The van der Waals surface area contributed by atoms with Gasteiger partial charge in [0.2, 0.25) is 0 Å². The van der Waals surface area contributed by atoms with Gasteiger partial charge in [-0.1, -0.05) is 6.07 Å². The van der Waals surface area contributed by atoms with Gasteiger partial charge in [-0.15, -0.1) is 11.3 Å². The fourth-order valence-electron chi connectivity index (χ4n) is 3.42. The average molecular weight is 395 g/mol. The predicted molar refractivity (Wildman–Crippen MR) is 111 cm³/mol. The van der Waals surface area contributed by atoms with Crippen LogP contribution >= 0.6 is 11.3 Å². The van der Waals surface area contributed by atoms with E-state index in [0.717, 1.165) is 32.7 Å². The number of fused-ring (bicyclic) bond motifs is 1. The van der Waals surface area contributed by atoms with Crippen molar-refractivity contribution in [1.82, 2.24) is 14.1 Å². The fraction of sp³-hybridized carbons (Fsp3) is 0.238. The van der Waals surface area contributed by atoms with E-state index in [2.05, 4.69) is 40.7 Å². The molecule has 144 valence electrons. The summed E-state index contributed by atoms with van der Waals surface area (Å²) < 4.78 is 10.7. The highest BCUT2D eigenvalue weighted by Gasteiger charge is 2.17. The molecule has 0 radical (unpaired) electrons. The van der Waals surface area contributed by atoms with E-state index in [1.807, 2.05) is 17.7 Å². The number of benzene rings is 1. The van der Waals surface area contributed by atoms with E-state index in [1.54, 1.807) is 18.6 Å². The SMILES string of the molecule is CCOCCn1c(-c2ccc(-n3ccnc3)cc2C)cc2sc(C(=O)O)cc21. The maximum atomic E-state index is 11.4. The number of thiophene rings is 1. The molecule has 28 heavy (non-hydrogen) atoms. The van der Waals surface area contributed by atoms with Crippen molar-refractivity contribution >= 4 is 27.5 Å². The quantitative estimate of drug-likeness (QED) is 0.464. The Morgan fingerprint density at radius 1 is 1.29 bits per heavy atom. The lowest BCUT2D eigenvalue weighted by molar-refractivity contribution is 0.0702. The standard InChI is InChI=1S/C21H21N3O3S/c1-3-27-9-8-24-17(11-19-18(24)12-20(28-19)21(25)26)16-5-4-15(10-14(16)2)23-7-6-22-13-23/h4-7,10-13H,3,8-9H2,1-2H3,(H,25,26). The number of hydrogen-bond acceptors (Lipinski definition) is 4. The van der Waals surface area contributed by atoms with Gasteiger partial charge >= 0.3 is 5.97 Å². The topological polar surface area (TPSA) is 69.3 Å². The number of aromatic carboxylic acids is 1. The lowest BCUT2D eigenvalue weighted by Gasteiger charge is -2.14. The van der Waals surface area contributed by atoms with Crippen molar-refractivity contribution in [2.45, 2.75) is 20.4 Å². The van der Waals surface area contributed by atoms with Crippen molar-refractivity contribution < 1.29 is 14.6 Å². The number of carboxylic acids is 1. The molecule has 4 rings (SSSR count). The molecule has 0 unspecified atom stereocenters. The van der Waals surface area contributed by atoms with Gasteiger partial charge in [0.05, 0.1) is 28.8 Å². The molecular formula is C21H21N3O3S. The number of nitrogens with zero attached hydrogens (tertiary/aromatic N) is 3. The van der Waals surface area contributed by atoms with E-state index in [1.165, 1.54) is 11.3 Å². The Kier molecular flexibility index (Phi) is 5.02. The van der Waals surface area contributed by atoms with Crippen molar-refractivity contribution in [2.24, 2.45) is 0 Å². The van der Waals surface area contributed by atoms with E-state index in [4.69, 9.17) is 4.74 Å². The Balaban J connectivity index is 1.79. The number of carbonyl (C=O) groups is 1. The van der Waals surface area contributed by atoms with Crippen molar-refractivity contribution in [3.05, 3.63) is 59.5 Å². The molecule has 1 N–H and O–H groups in total. The summed E-state index contributed by atoms with van der Waals surface area (Å²) in [5.41, 5.74) is 5.34. The summed E-state index contributed by atoms with van der Waals surface area (Å²) in [6.07, 6.45) is 5.46. The third kappa shape index (κ3) is 3.34. The number of hydrogen-bond donors (Lipinski definition) is 1. The number of rotatable bonds is 7. The summed E-state index contributed by atoms with van der Waals surface area (Å²) in [7, 11) is 0. The van der Waals surface area contributed by atoms with Gasteiger partial charge in [0, 0.05) is 36.8 Å². The van der Waals surface area contributed by atoms with Crippen LogP contribution in [0.3, 0.4) is 0 Å². The van der Waals surface area contributed by atoms with Crippen molar-refractivity contribution in [2.75, 3.05) is 13.2 Å². The number of carboxylic acid groups (broad SMARTS) is 1. The van der Waals surface area contributed by atoms with Crippen LogP contribution in [-0.2, 0) is 11.3 Å². The molecule has 3 heterocycles. The second kappa shape index (κ2) is 7.61. The summed E-state index contributed by atoms with van der Waals surface area (Å²) in [4.78, 5) is 15.8. The van der Waals surface area contributed by atoms with Crippen LogP contribution in [0.4, 0.5) is 0 Å². The molecule has 4 aromatic rings. The van der Waals surface area contributed by atoms with Gasteiger partial charge in [-0.05, 0) is 43.7 Å². The number of imidazole rings is 1. The normalized spacial score (nSPS) is 11.4. The highest BCUT2D eigenvalue weighted by molar-refractivity contribution is 7.20. The molecule has 0 atom stereocenters. The van der Waals surface area contributed by atoms with E-state index in [9.17, 15) is 9.90 Å². The number of aryl methyl sites for hydroxylation is 1. The summed E-state index contributed by atoms with van der Waals surface area (Å²) in [6, 6.07) is 10.2. The Morgan fingerprint density at radius 3 is 2.82 bits per heavy atom. The Bertz CT molecular complexity index is 1130. The van der Waals surface area contributed by atoms with Crippen LogP contribution in [0.25, 0.3) is 27.2 Å². The van der Waals surface area contributed by atoms with Crippen LogP contribution in [0.5, 0.6) is 0 Å². The van der Waals surface area contributed by atoms with Gasteiger partial charge in [-0.3, -0.25) is 0 Å². The first-order valence-corrected chi connectivity index (χ1v) is 9.93. The fourth-order valence-corrected chi connectivity index (χ4v) is 4.36. The average Bonchev–Trinajstić information content (AvgIpc) is 3.39. The van der Waals surface area contributed by atoms with E-state index >= 15 is 0 Å². The molecule has 6 nitrogen and oxygen atoms in total. The third-order valence-corrected chi connectivity index (χ3v) is 5.81. The van der Waals surface area contributed by atoms with Gasteiger partial charge in [0.25, 0.3) is 0 Å². The van der Waals surface area contributed by atoms with Gasteiger partial charge in [-0.25, -0.2) is 9.78 Å². The van der Waals surface area contributed by atoms with Crippen LogP contribution in [0, 0.1) is 6.92 Å². The van der Waals surface area contributed by atoms with Crippen LogP contribution in [0.2, 0.25) is 0 Å². The highest BCUT2D eigenvalue weighted by Crippen LogP contribution is 2.35. The Morgan fingerprint density at radius 2 is 2.14 bits per heavy atom. The maximum absolute atomic E-state index is 11.4. The lowest BCUT2D eigenvalue weighted by Crippen LogP contribution is -2.07. The maximum Gasteiger partial charge on any atom is 0.345 e. The second-order valence-corrected chi connectivity index (χ2v) is 7.60. The number of aromatic nitrogens is 3. The highest BCUT2D eigenvalue weighted by atomic mass is 32.1. The molecule has 0 aliphatic heterocycles. The zero-order valence-electron chi connectivity index (χ0n) is 15.8. The first-order valence-electron chi connectivity index (χ1n) is 9.12. The summed E-state index contributed by atoms with van der Waals surface area (Å²) in [5.74, 6) is -0.889. The molecule has 0 aliphatic rings. The molecule has 7 heteroatoms. The van der Waals surface area contributed by atoms with Crippen LogP contribution in [-0.4, -0.2) is 38.4 Å². The van der Waals surface area contributed by atoms with Crippen LogP contribution < -0.4 is 0 Å². The van der Waals surface area contributed by atoms with Crippen LogP contribution in [0.1, 0.15) is 22.2 Å². The summed E-state index contributed by atoms with van der Waals surface area (Å²) in [5, 5.41) is 9.33. The van der Waals surface area contributed by atoms with E-state index in [0.29, 0.717) is 24.6 Å². The van der Waals surface area contributed by atoms with Gasteiger partial charge in [0.1, 0.15) is 4.88 Å². The molecule has 3 aromatic heterocycles. The van der Waals surface area contributed by atoms with Crippen LogP contribution in [0.15, 0.2) is 49.1 Å². The minimum atomic E-state index is -0.889. The smallest absolute Gasteiger partial charge is 0.345 e. The molecule has 0 saturated carbocycles. The first-order chi connectivity index (χ1) is 13.6. The molecule has 1 aromatic carbocycles.